The van der Waals surface area contributed by atoms with E-state index < -0.39 is 0 Å². The normalized spacial score (nSPS) is 18.1. The number of nitrogens with one attached hydrogen (secondary N) is 2. The smallest absolute Gasteiger partial charge is 0.255 e. The molecule has 1 aromatic carbocycles. The number of allylic oxidation sites excluding steroid dienone is 4. The van der Waals surface area contributed by atoms with Crippen molar-refractivity contribution in [2.45, 2.75) is 46.1 Å². The molecule has 1 fully saturated rings. The molecule has 44 heavy (non-hydrogen) atoms. The Hall–Kier alpha value is -4.64. The number of ether oxygens (including phenoxy) is 3. The number of piperidine rings is 1. The zero-order chi connectivity index (χ0) is 30.5. The second-order valence-electron chi connectivity index (χ2n) is 11.7. The molecule has 1 amide bonds. The predicted molar refractivity (Wildman–Crippen MR) is 165 cm³/mol. The number of nitrogens with zero attached hydrogens (tertiary/aromatic N) is 4. The van der Waals surface area contributed by atoms with Crippen LogP contribution in [0.3, 0.4) is 0 Å². The maximum Gasteiger partial charge on any atom is 0.255 e. The van der Waals surface area contributed by atoms with Crippen molar-refractivity contribution in [1.29, 1.82) is 0 Å². The Labute approximate surface area is 256 Å². The number of aryl methyl sites for hydroxylation is 3. The van der Waals surface area contributed by atoms with Gasteiger partial charge in [-0.2, -0.15) is 0 Å². The molecule has 7 rings (SSSR count). The maximum atomic E-state index is 13.5. The Morgan fingerprint density at radius 1 is 1.05 bits per heavy atom. The van der Waals surface area contributed by atoms with E-state index in [1.54, 1.807) is 7.11 Å². The van der Waals surface area contributed by atoms with Crippen molar-refractivity contribution in [2.75, 3.05) is 45.8 Å². The van der Waals surface area contributed by atoms with E-state index in [9.17, 15) is 4.79 Å². The van der Waals surface area contributed by atoms with Gasteiger partial charge in [-0.15, -0.1) is 0 Å². The maximum absolute atomic E-state index is 13.5. The van der Waals surface area contributed by atoms with E-state index in [-0.39, 0.29) is 11.9 Å². The van der Waals surface area contributed by atoms with Crippen molar-refractivity contribution in [3.8, 4) is 22.8 Å². The minimum absolute atomic E-state index is 0.129. The van der Waals surface area contributed by atoms with Crippen LogP contribution in [0.15, 0.2) is 40.3 Å². The summed E-state index contributed by atoms with van der Waals surface area (Å²) in [5.74, 6) is 3.51. The lowest BCUT2D eigenvalue weighted by molar-refractivity contribution is 0.0906. The molecule has 5 heterocycles. The summed E-state index contributed by atoms with van der Waals surface area (Å²) in [5, 5.41) is 10.9. The first-order valence-electron chi connectivity index (χ1n) is 15.0. The van der Waals surface area contributed by atoms with Crippen LogP contribution in [0.2, 0.25) is 0 Å². The molecule has 2 bridgehead atoms. The number of benzene rings is 1. The van der Waals surface area contributed by atoms with Crippen molar-refractivity contribution in [3.05, 3.63) is 69.7 Å². The molecule has 2 aromatic heterocycles. The summed E-state index contributed by atoms with van der Waals surface area (Å²) in [6, 6.07) is 3.85. The number of amides is 1. The van der Waals surface area contributed by atoms with Crippen molar-refractivity contribution < 1.29 is 23.5 Å². The number of rotatable bonds is 5. The van der Waals surface area contributed by atoms with Gasteiger partial charge in [0.2, 0.25) is 0 Å². The van der Waals surface area contributed by atoms with Crippen LogP contribution in [0.1, 0.15) is 58.0 Å². The van der Waals surface area contributed by atoms with E-state index in [1.807, 2.05) is 39.0 Å². The van der Waals surface area contributed by atoms with Gasteiger partial charge < -0.3 is 34.3 Å². The molecule has 228 valence electrons. The van der Waals surface area contributed by atoms with Crippen LogP contribution in [-0.2, 0) is 4.74 Å². The zero-order valence-electron chi connectivity index (χ0n) is 25.7. The lowest BCUT2D eigenvalue weighted by atomic mass is 9.92. The Bertz CT molecular complexity index is 1740. The van der Waals surface area contributed by atoms with Gasteiger partial charge in [-0.05, 0) is 83.6 Å². The van der Waals surface area contributed by atoms with Crippen LogP contribution >= 0.6 is 0 Å². The average molecular weight is 597 g/mol. The molecule has 4 aliphatic rings. The van der Waals surface area contributed by atoms with Gasteiger partial charge >= 0.3 is 0 Å². The molecule has 0 saturated carbocycles. The molecule has 0 atom stereocenters. The quantitative estimate of drug-likeness (QED) is 0.424. The topological polar surface area (TPSA) is 124 Å². The van der Waals surface area contributed by atoms with Crippen molar-refractivity contribution in [1.82, 2.24) is 25.3 Å². The van der Waals surface area contributed by atoms with Crippen LogP contribution in [-0.4, -0.2) is 72.4 Å². The Morgan fingerprint density at radius 2 is 1.82 bits per heavy atom. The minimum Gasteiger partial charge on any atom is -0.496 e. The van der Waals surface area contributed by atoms with Gasteiger partial charge in [0.15, 0.2) is 11.5 Å². The van der Waals surface area contributed by atoms with Gasteiger partial charge in [-0.3, -0.25) is 4.79 Å². The SMILES string of the molecule is COC1=C(c2c(C)noc2C)C=C2CC(=C1)c1c(nc(C)nc1-c1ccc(C(=O)NC3CCN(C)CC3)c3c1OCCO3)N2. The second kappa shape index (κ2) is 11.1. The Balaban J connectivity index is 1.33. The molecular formula is C33H36N6O5. The van der Waals surface area contributed by atoms with Gasteiger partial charge in [0, 0.05) is 34.9 Å². The van der Waals surface area contributed by atoms with Crippen LogP contribution in [0, 0.1) is 20.8 Å². The van der Waals surface area contributed by atoms with E-state index in [0.29, 0.717) is 59.8 Å². The number of likely N-dealkylation sites (tertiary alicyclic amines) is 1. The highest BCUT2D eigenvalue weighted by molar-refractivity contribution is 6.01. The van der Waals surface area contributed by atoms with Crippen LogP contribution in [0.25, 0.3) is 22.4 Å². The van der Waals surface area contributed by atoms with Gasteiger partial charge in [0.05, 0.1) is 29.6 Å². The lowest BCUT2D eigenvalue weighted by Crippen LogP contribution is -2.43. The number of hydrogen-bond donors (Lipinski definition) is 2. The third kappa shape index (κ3) is 4.90. The van der Waals surface area contributed by atoms with E-state index in [2.05, 4.69) is 33.8 Å². The number of anilines is 1. The third-order valence-corrected chi connectivity index (χ3v) is 8.66. The number of hydrogen-bond acceptors (Lipinski definition) is 10. The first-order chi connectivity index (χ1) is 21.3. The monoisotopic (exact) mass is 596 g/mol. The summed E-state index contributed by atoms with van der Waals surface area (Å²) in [6.45, 7) is 8.34. The fourth-order valence-electron chi connectivity index (χ4n) is 6.49. The number of carbonyl (C=O) groups is 1. The largest absolute Gasteiger partial charge is 0.496 e. The summed E-state index contributed by atoms with van der Waals surface area (Å²) in [5.41, 5.74) is 7.29. The van der Waals surface area contributed by atoms with Crippen molar-refractivity contribution >= 4 is 22.9 Å². The molecule has 0 spiro atoms. The van der Waals surface area contributed by atoms with E-state index in [1.165, 1.54) is 0 Å². The predicted octanol–water partition coefficient (Wildman–Crippen LogP) is 4.81. The fourth-order valence-corrected chi connectivity index (χ4v) is 6.49. The highest BCUT2D eigenvalue weighted by Gasteiger charge is 2.32. The van der Waals surface area contributed by atoms with Gasteiger partial charge in [0.1, 0.15) is 36.4 Å². The molecule has 0 radical (unpaired) electrons. The van der Waals surface area contributed by atoms with Gasteiger partial charge in [-0.1, -0.05) is 5.16 Å². The summed E-state index contributed by atoms with van der Waals surface area (Å²) in [6.07, 6.45) is 6.56. The van der Waals surface area contributed by atoms with Crippen LogP contribution in [0.4, 0.5) is 5.82 Å². The van der Waals surface area contributed by atoms with Crippen LogP contribution in [0.5, 0.6) is 11.5 Å². The molecule has 11 nitrogen and oxygen atoms in total. The first-order valence-corrected chi connectivity index (χ1v) is 15.0. The summed E-state index contributed by atoms with van der Waals surface area (Å²) in [7, 11) is 3.77. The number of fused-ring (bicyclic) bond motifs is 5. The Morgan fingerprint density at radius 3 is 2.55 bits per heavy atom. The van der Waals surface area contributed by atoms with Crippen LogP contribution < -0.4 is 20.1 Å². The third-order valence-electron chi connectivity index (χ3n) is 8.66. The molecule has 11 heteroatoms. The number of methoxy groups -OCH3 is 1. The molecule has 0 unspecified atom stereocenters. The number of aromatic nitrogens is 3. The fraction of sp³-hybridized carbons (Fsp3) is 0.394. The first kappa shape index (κ1) is 28.1. The highest BCUT2D eigenvalue weighted by atomic mass is 16.6. The lowest BCUT2D eigenvalue weighted by Gasteiger charge is -2.30. The summed E-state index contributed by atoms with van der Waals surface area (Å²) < 4.78 is 23.8. The molecule has 3 aromatic rings. The number of carbonyl (C=O) groups excluding carboxylic acids is 1. The molecule has 1 aliphatic carbocycles. The minimum atomic E-state index is -0.154. The molecule has 3 aliphatic heterocycles. The summed E-state index contributed by atoms with van der Waals surface area (Å²) >= 11 is 0. The molecular weight excluding hydrogens is 560 g/mol. The zero-order valence-corrected chi connectivity index (χ0v) is 25.7. The van der Waals surface area contributed by atoms with E-state index in [4.69, 9.17) is 28.7 Å². The Kier molecular flexibility index (Phi) is 7.12. The van der Waals surface area contributed by atoms with Gasteiger partial charge in [-0.25, -0.2) is 9.97 Å². The van der Waals surface area contributed by atoms with E-state index in [0.717, 1.165) is 70.9 Å². The van der Waals surface area contributed by atoms with Crippen molar-refractivity contribution in [3.63, 3.8) is 0 Å². The molecule has 1 saturated heterocycles. The van der Waals surface area contributed by atoms with E-state index >= 15 is 0 Å². The second-order valence-corrected chi connectivity index (χ2v) is 11.7. The standard InChI is InChI=1S/C33H36N6O5/c1-17-27(18(2)44-38-17)25-16-22-14-20(15-26(25)41-5)28-29(34-19(3)35-32(28)36-22)23-6-7-24(31-30(23)42-12-13-43-31)33(40)37-21-8-10-39(4)11-9-21/h6-7,15-16,21H,8-14H2,1-5H3,(H,37,40)(H,34,35,36). The van der Waals surface area contributed by atoms with Crippen molar-refractivity contribution in [2.24, 2.45) is 0 Å². The highest BCUT2D eigenvalue weighted by Crippen LogP contribution is 2.48. The van der Waals surface area contributed by atoms with Gasteiger partial charge in [0.25, 0.3) is 5.91 Å². The average Bonchev–Trinajstić information content (AvgIpc) is 3.27. The molecule has 2 N–H and O–H groups in total. The summed E-state index contributed by atoms with van der Waals surface area (Å²) in [4.78, 5) is 25.5.